The van der Waals surface area contributed by atoms with Gasteiger partial charge in [0, 0.05) is 32.6 Å². The van der Waals surface area contributed by atoms with E-state index in [4.69, 9.17) is 9.15 Å². The fourth-order valence-electron chi connectivity index (χ4n) is 3.08. The van der Waals surface area contributed by atoms with Crippen LogP contribution in [0.3, 0.4) is 0 Å². The van der Waals surface area contributed by atoms with Crippen molar-refractivity contribution < 1.29 is 18.7 Å². The van der Waals surface area contributed by atoms with Gasteiger partial charge in [0.1, 0.15) is 11.5 Å². The SMILES string of the molecule is CCCCCN(CCC(=O)N1CCOCC1)C(=O)c1cc(C)oc1C. The van der Waals surface area contributed by atoms with Crippen molar-refractivity contribution in [2.24, 2.45) is 0 Å². The predicted octanol–water partition coefficient (Wildman–Crippen LogP) is 2.78. The van der Waals surface area contributed by atoms with Gasteiger partial charge in [-0.2, -0.15) is 0 Å². The van der Waals surface area contributed by atoms with Gasteiger partial charge in [-0.15, -0.1) is 0 Å². The molecule has 0 saturated carbocycles. The van der Waals surface area contributed by atoms with E-state index in [0.29, 0.717) is 57.1 Å². The van der Waals surface area contributed by atoms with Crippen LogP contribution in [0.2, 0.25) is 0 Å². The van der Waals surface area contributed by atoms with E-state index in [-0.39, 0.29) is 11.8 Å². The van der Waals surface area contributed by atoms with E-state index in [9.17, 15) is 9.59 Å². The fourth-order valence-corrected chi connectivity index (χ4v) is 3.08. The third-order valence-corrected chi connectivity index (χ3v) is 4.55. The van der Waals surface area contributed by atoms with Crippen LogP contribution in [0.25, 0.3) is 0 Å². The Bertz CT molecular complexity index is 576. The largest absolute Gasteiger partial charge is 0.466 e. The molecule has 0 radical (unpaired) electrons. The number of carbonyl (C=O) groups is 2. The van der Waals surface area contributed by atoms with Crippen LogP contribution < -0.4 is 0 Å². The van der Waals surface area contributed by atoms with Gasteiger partial charge in [0.2, 0.25) is 5.91 Å². The first-order chi connectivity index (χ1) is 12.0. The van der Waals surface area contributed by atoms with Crippen LogP contribution in [0, 0.1) is 13.8 Å². The number of aryl methyl sites for hydroxylation is 2. The van der Waals surface area contributed by atoms with Crippen LogP contribution in [0.5, 0.6) is 0 Å². The number of nitrogens with zero attached hydrogens (tertiary/aromatic N) is 2. The summed E-state index contributed by atoms with van der Waals surface area (Å²) in [7, 11) is 0. The van der Waals surface area contributed by atoms with Crippen molar-refractivity contribution in [3.8, 4) is 0 Å². The zero-order valence-corrected chi connectivity index (χ0v) is 15.7. The third-order valence-electron chi connectivity index (χ3n) is 4.55. The lowest BCUT2D eigenvalue weighted by Crippen LogP contribution is -2.42. The van der Waals surface area contributed by atoms with Gasteiger partial charge < -0.3 is 19.0 Å². The number of carbonyl (C=O) groups excluding carboxylic acids is 2. The quantitative estimate of drug-likeness (QED) is 0.676. The number of furan rings is 1. The van der Waals surface area contributed by atoms with Crippen LogP contribution in [0.1, 0.15) is 54.5 Å². The minimum atomic E-state index is -0.0415. The molecule has 0 spiro atoms. The van der Waals surface area contributed by atoms with Gasteiger partial charge in [-0.25, -0.2) is 0 Å². The van der Waals surface area contributed by atoms with E-state index in [1.807, 2.05) is 18.7 Å². The van der Waals surface area contributed by atoms with Crippen LogP contribution in [0.15, 0.2) is 10.5 Å². The summed E-state index contributed by atoms with van der Waals surface area (Å²) in [5, 5.41) is 0. The fraction of sp³-hybridized carbons (Fsp3) is 0.684. The highest BCUT2D eigenvalue weighted by molar-refractivity contribution is 5.95. The zero-order chi connectivity index (χ0) is 18.2. The highest BCUT2D eigenvalue weighted by atomic mass is 16.5. The second-order valence-electron chi connectivity index (χ2n) is 6.57. The highest BCUT2D eigenvalue weighted by Crippen LogP contribution is 2.17. The van der Waals surface area contributed by atoms with Gasteiger partial charge in [-0.05, 0) is 26.3 Å². The summed E-state index contributed by atoms with van der Waals surface area (Å²) in [6.45, 7) is 9.38. The van der Waals surface area contributed by atoms with Crippen LogP contribution in [0.4, 0.5) is 0 Å². The average molecular weight is 350 g/mol. The van der Waals surface area contributed by atoms with Gasteiger partial charge in [0.15, 0.2) is 0 Å². The molecule has 0 aliphatic carbocycles. The molecule has 0 aromatic carbocycles. The molecule has 6 heteroatoms. The van der Waals surface area contributed by atoms with Gasteiger partial charge in [-0.1, -0.05) is 19.8 Å². The number of hydrogen-bond acceptors (Lipinski definition) is 4. The summed E-state index contributed by atoms with van der Waals surface area (Å²) in [5.74, 6) is 1.43. The molecular weight excluding hydrogens is 320 g/mol. The minimum Gasteiger partial charge on any atom is -0.466 e. The van der Waals surface area contributed by atoms with E-state index in [0.717, 1.165) is 25.0 Å². The molecule has 1 aliphatic heterocycles. The van der Waals surface area contributed by atoms with Crippen LogP contribution in [-0.4, -0.2) is 61.0 Å². The first-order valence-corrected chi connectivity index (χ1v) is 9.24. The molecule has 2 heterocycles. The Hall–Kier alpha value is -1.82. The Morgan fingerprint density at radius 2 is 1.88 bits per heavy atom. The van der Waals surface area contributed by atoms with Crippen molar-refractivity contribution in [3.05, 3.63) is 23.2 Å². The predicted molar refractivity (Wildman–Crippen MR) is 95.6 cm³/mol. The Kier molecular flexibility index (Phi) is 7.50. The van der Waals surface area contributed by atoms with E-state index in [1.165, 1.54) is 0 Å². The number of ether oxygens (including phenoxy) is 1. The number of unbranched alkanes of at least 4 members (excludes halogenated alkanes) is 2. The molecule has 1 aliphatic rings. The lowest BCUT2D eigenvalue weighted by Gasteiger charge is -2.28. The van der Waals surface area contributed by atoms with Crippen molar-refractivity contribution in [3.63, 3.8) is 0 Å². The summed E-state index contributed by atoms with van der Waals surface area (Å²) >= 11 is 0. The van der Waals surface area contributed by atoms with Crippen LogP contribution >= 0.6 is 0 Å². The van der Waals surface area contributed by atoms with Gasteiger partial charge in [0.25, 0.3) is 5.91 Å². The minimum absolute atomic E-state index is 0.0415. The maximum atomic E-state index is 12.9. The topological polar surface area (TPSA) is 63.0 Å². The summed E-state index contributed by atoms with van der Waals surface area (Å²) in [6, 6.07) is 1.79. The Morgan fingerprint density at radius 1 is 1.16 bits per heavy atom. The smallest absolute Gasteiger partial charge is 0.257 e. The van der Waals surface area contributed by atoms with E-state index in [2.05, 4.69) is 6.92 Å². The molecule has 0 N–H and O–H groups in total. The number of amides is 2. The number of hydrogen-bond donors (Lipinski definition) is 0. The number of rotatable bonds is 8. The third kappa shape index (κ3) is 5.59. The zero-order valence-electron chi connectivity index (χ0n) is 15.7. The van der Waals surface area contributed by atoms with Crippen molar-refractivity contribution in [2.45, 2.75) is 46.5 Å². The molecule has 1 aromatic rings. The number of morpholine rings is 1. The first-order valence-electron chi connectivity index (χ1n) is 9.24. The Labute approximate surface area is 150 Å². The molecule has 1 fully saturated rings. The van der Waals surface area contributed by atoms with Gasteiger partial charge in [-0.3, -0.25) is 9.59 Å². The molecule has 0 bridgehead atoms. The Morgan fingerprint density at radius 3 is 2.48 bits per heavy atom. The second kappa shape index (κ2) is 9.61. The summed E-state index contributed by atoms with van der Waals surface area (Å²) in [5.41, 5.74) is 0.604. The molecule has 25 heavy (non-hydrogen) atoms. The van der Waals surface area contributed by atoms with Gasteiger partial charge >= 0.3 is 0 Å². The van der Waals surface area contributed by atoms with E-state index >= 15 is 0 Å². The van der Waals surface area contributed by atoms with E-state index < -0.39 is 0 Å². The molecular formula is C19H30N2O4. The summed E-state index contributed by atoms with van der Waals surface area (Å²) < 4.78 is 10.8. The van der Waals surface area contributed by atoms with Gasteiger partial charge in [0.05, 0.1) is 18.8 Å². The Balaban J connectivity index is 1.98. The molecule has 2 rings (SSSR count). The molecule has 0 unspecified atom stereocenters. The highest BCUT2D eigenvalue weighted by Gasteiger charge is 2.23. The molecule has 0 atom stereocenters. The maximum absolute atomic E-state index is 12.9. The van der Waals surface area contributed by atoms with Crippen LogP contribution in [-0.2, 0) is 9.53 Å². The average Bonchev–Trinajstić information content (AvgIpc) is 2.96. The molecule has 1 saturated heterocycles. The van der Waals surface area contributed by atoms with E-state index in [1.54, 1.807) is 11.0 Å². The lowest BCUT2D eigenvalue weighted by molar-refractivity contribution is -0.135. The van der Waals surface area contributed by atoms with Crippen molar-refractivity contribution >= 4 is 11.8 Å². The lowest BCUT2D eigenvalue weighted by atomic mass is 10.1. The van der Waals surface area contributed by atoms with Crippen molar-refractivity contribution in [1.82, 2.24) is 9.80 Å². The molecule has 1 aromatic heterocycles. The molecule has 6 nitrogen and oxygen atoms in total. The maximum Gasteiger partial charge on any atom is 0.257 e. The summed E-state index contributed by atoms with van der Waals surface area (Å²) in [6.07, 6.45) is 3.47. The van der Waals surface area contributed by atoms with Crippen molar-refractivity contribution in [2.75, 3.05) is 39.4 Å². The van der Waals surface area contributed by atoms with Crippen molar-refractivity contribution in [1.29, 1.82) is 0 Å². The first kappa shape index (κ1) is 19.5. The monoisotopic (exact) mass is 350 g/mol. The standard InChI is InChI=1S/C19H30N2O4/c1-4-5-6-8-21(19(23)17-14-15(2)25-16(17)3)9-7-18(22)20-10-12-24-13-11-20/h14H,4-13H2,1-3H3. The second-order valence-corrected chi connectivity index (χ2v) is 6.57. The molecule has 140 valence electrons. The summed E-state index contributed by atoms with van der Waals surface area (Å²) in [4.78, 5) is 28.9. The normalized spacial score (nSPS) is 14.6. The molecule has 2 amide bonds.